The molecule has 0 aliphatic rings. The number of thiazole rings is 1. The summed E-state index contributed by atoms with van der Waals surface area (Å²) in [4.78, 5) is 16.3. The summed E-state index contributed by atoms with van der Waals surface area (Å²) in [7, 11) is 1.40. The van der Waals surface area contributed by atoms with Crippen molar-refractivity contribution in [1.29, 1.82) is 0 Å². The number of benzene rings is 1. The molecule has 0 radical (unpaired) electrons. The van der Waals surface area contributed by atoms with E-state index in [1.807, 2.05) is 25.1 Å². The van der Waals surface area contributed by atoms with E-state index < -0.39 is 11.8 Å². The molecule has 6 nitrogen and oxygen atoms in total. The van der Waals surface area contributed by atoms with Crippen LogP contribution in [-0.4, -0.2) is 32.8 Å². The van der Waals surface area contributed by atoms with E-state index in [9.17, 15) is 14.3 Å². The maximum atomic E-state index is 14.5. The smallest absolute Gasteiger partial charge is 0.348 e. The van der Waals surface area contributed by atoms with Gasteiger partial charge in [0.05, 0.1) is 29.4 Å². The zero-order valence-electron chi connectivity index (χ0n) is 14.4. The molecule has 8 heteroatoms. The van der Waals surface area contributed by atoms with Crippen molar-refractivity contribution in [1.82, 2.24) is 14.6 Å². The lowest BCUT2D eigenvalue weighted by Gasteiger charge is -2.07. The number of fused-ring (bicyclic) bond motifs is 1. The highest BCUT2D eigenvalue weighted by molar-refractivity contribution is 7.17. The lowest BCUT2D eigenvalue weighted by molar-refractivity contribution is 0.0702. The Morgan fingerprint density at radius 1 is 1.22 bits per heavy atom. The highest BCUT2D eigenvalue weighted by atomic mass is 32.1. The molecule has 3 aromatic heterocycles. The normalized spacial score (nSPS) is 11.1. The van der Waals surface area contributed by atoms with Crippen molar-refractivity contribution in [3.05, 3.63) is 59.0 Å². The van der Waals surface area contributed by atoms with Gasteiger partial charge in [-0.3, -0.25) is 0 Å². The second kappa shape index (κ2) is 6.48. The summed E-state index contributed by atoms with van der Waals surface area (Å²) in [5, 5.41) is 14.6. The third kappa shape index (κ3) is 2.74. The fraction of sp³-hybridized carbons (Fsp3) is 0.105. The van der Waals surface area contributed by atoms with Crippen molar-refractivity contribution in [2.75, 3.05) is 7.11 Å². The van der Waals surface area contributed by atoms with Crippen LogP contribution in [0, 0.1) is 12.7 Å². The minimum Gasteiger partial charge on any atom is -0.496 e. The number of carbonyl (C=O) groups is 1. The van der Waals surface area contributed by atoms with Crippen molar-refractivity contribution < 1.29 is 19.0 Å². The topological polar surface area (TPSA) is 76.7 Å². The minimum absolute atomic E-state index is 0.0361. The van der Waals surface area contributed by atoms with Crippen LogP contribution in [0.25, 0.3) is 27.3 Å². The summed E-state index contributed by atoms with van der Waals surface area (Å²) in [5.74, 6) is -1.54. The van der Waals surface area contributed by atoms with Crippen molar-refractivity contribution in [2.45, 2.75) is 6.92 Å². The van der Waals surface area contributed by atoms with Crippen LogP contribution in [0.15, 0.2) is 42.6 Å². The maximum absolute atomic E-state index is 14.5. The number of carboxylic acid groups (broad SMARTS) is 1. The SMILES string of the molecule is COc1cccc(F)c1-c1nc(-c2c(C)nn3ccccc23)sc1C(=O)O. The third-order valence-corrected chi connectivity index (χ3v) is 5.24. The highest BCUT2D eigenvalue weighted by Gasteiger charge is 2.26. The van der Waals surface area contributed by atoms with Gasteiger partial charge < -0.3 is 9.84 Å². The van der Waals surface area contributed by atoms with Gasteiger partial charge in [-0.25, -0.2) is 18.7 Å². The average Bonchev–Trinajstić information content (AvgIpc) is 3.21. The molecule has 27 heavy (non-hydrogen) atoms. The van der Waals surface area contributed by atoms with Gasteiger partial charge in [-0.2, -0.15) is 5.10 Å². The van der Waals surface area contributed by atoms with Crippen LogP contribution in [-0.2, 0) is 0 Å². The van der Waals surface area contributed by atoms with E-state index in [1.165, 1.54) is 19.2 Å². The number of ether oxygens (including phenoxy) is 1. The molecule has 0 saturated heterocycles. The number of hydrogen-bond donors (Lipinski definition) is 1. The molecular weight excluding hydrogens is 369 g/mol. The highest BCUT2D eigenvalue weighted by Crippen LogP contribution is 2.41. The molecule has 0 fully saturated rings. The Morgan fingerprint density at radius 3 is 2.78 bits per heavy atom. The molecule has 1 N–H and O–H groups in total. The molecule has 0 bridgehead atoms. The Morgan fingerprint density at radius 2 is 2.04 bits per heavy atom. The van der Waals surface area contributed by atoms with Crippen molar-refractivity contribution in [3.8, 4) is 27.6 Å². The van der Waals surface area contributed by atoms with Gasteiger partial charge in [-0.15, -0.1) is 11.3 Å². The summed E-state index contributed by atoms with van der Waals surface area (Å²) in [6, 6.07) is 9.92. The molecule has 4 aromatic rings. The predicted molar refractivity (Wildman–Crippen MR) is 99.9 cm³/mol. The Bertz CT molecular complexity index is 1180. The standard InChI is InChI=1S/C19H14FN3O3S/c1-10-14(12-7-3-4-9-23(12)22-10)18-21-16(17(27-18)19(24)25)15-11(20)6-5-8-13(15)26-2/h3-9H,1-2H3,(H,24,25). The van der Waals surface area contributed by atoms with Crippen molar-refractivity contribution in [3.63, 3.8) is 0 Å². The van der Waals surface area contributed by atoms with Crippen LogP contribution in [0.5, 0.6) is 5.75 Å². The summed E-state index contributed by atoms with van der Waals surface area (Å²) >= 11 is 0.991. The second-order valence-corrected chi connectivity index (χ2v) is 6.81. The predicted octanol–water partition coefficient (Wildman–Crippen LogP) is 4.28. The molecule has 0 spiro atoms. The summed E-state index contributed by atoms with van der Waals surface area (Å²) in [6.45, 7) is 1.83. The van der Waals surface area contributed by atoms with Crippen LogP contribution in [0.1, 0.15) is 15.4 Å². The van der Waals surface area contributed by atoms with Gasteiger partial charge in [0.25, 0.3) is 0 Å². The first-order valence-corrected chi connectivity index (χ1v) is 8.84. The zero-order chi connectivity index (χ0) is 19.1. The van der Waals surface area contributed by atoms with Crippen molar-refractivity contribution in [2.24, 2.45) is 0 Å². The lowest BCUT2D eigenvalue weighted by atomic mass is 10.1. The first-order valence-electron chi connectivity index (χ1n) is 8.02. The number of halogens is 1. The number of aromatic nitrogens is 3. The van der Waals surface area contributed by atoms with Gasteiger partial charge in [0, 0.05) is 6.20 Å². The third-order valence-electron chi connectivity index (χ3n) is 4.18. The van der Waals surface area contributed by atoms with Gasteiger partial charge in [-0.05, 0) is 31.2 Å². The Kier molecular flexibility index (Phi) is 4.12. The molecule has 0 unspecified atom stereocenters. The number of pyridine rings is 1. The van der Waals surface area contributed by atoms with Gasteiger partial charge in [0.15, 0.2) is 0 Å². The van der Waals surface area contributed by atoms with E-state index in [2.05, 4.69) is 10.1 Å². The van der Waals surface area contributed by atoms with E-state index in [4.69, 9.17) is 4.74 Å². The lowest BCUT2D eigenvalue weighted by Crippen LogP contribution is -1.99. The van der Waals surface area contributed by atoms with E-state index >= 15 is 0 Å². The molecule has 136 valence electrons. The van der Waals surface area contributed by atoms with Crippen molar-refractivity contribution >= 4 is 22.8 Å². The molecule has 3 heterocycles. The Hall–Kier alpha value is -3.26. The fourth-order valence-electron chi connectivity index (χ4n) is 3.03. The summed E-state index contributed by atoms with van der Waals surface area (Å²) in [6.07, 6.45) is 1.80. The van der Waals surface area contributed by atoms with Crippen LogP contribution in [0.4, 0.5) is 4.39 Å². The van der Waals surface area contributed by atoms with E-state index in [0.29, 0.717) is 10.7 Å². The molecular formula is C19H14FN3O3S. The fourth-order valence-corrected chi connectivity index (χ4v) is 4.04. The largest absolute Gasteiger partial charge is 0.496 e. The number of hydrogen-bond acceptors (Lipinski definition) is 5. The van der Waals surface area contributed by atoms with E-state index in [0.717, 1.165) is 22.4 Å². The monoisotopic (exact) mass is 383 g/mol. The number of aromatic carboxylic acids is 1. The average molecular weight is 383 g/mol. The Labute approximate surface area is 157 Å². The second-order valence-electron chi connectivity index (χ2n) is 5.81. The summed E-state index contributed by atoms with van der Waals surface area (Å²) in [5.41, 5.74) is 2.32. The summed E-state index contributed by atoms with van der Waals surface area (Å²) < 4.78 is 21.5. The van der Waals surface area contributed by atoms with E-state index in [1.54, 1.807) is 16.8 Å². The quantitative estimate of drug-likeness (QED) is 0.569. The molecule has 1 aromatic carbocycles. The first-order chi connectivity index (χ1) is 13.0. The first kappa shape index (κ1) is 17.2. The number of nitrogens with zero attached hydrogens (tertiary/aromatic N) is 3. The molecule has 0 saturated carbocycles. The zero-order valence-corrected chi connectivity index (χ0v) is 15.2. The number of rotatable bonds is 4. The van der Waals surface area contributed by atoms with Crippen LogP contribution < -0.4 is 4.74 Å². The van der Waals surface area contributed by atoms with Gasteiger partial charge in [-0.1, -0.05) is 12.1 Å². The van der Waals surface area contributed by atoms with Crippen LogP contribution in [0.2, 0.25) is 0 Å². The maximum Gasteiger partial charge on any atom is 0.348 e. The molecule has 0 aliphatic carbocycles. The van der Waals surface area contributed by atoms with Gasteiger partial charge in [0.2, 0.25) is 0 Å². The van der Waals surface area contributed by atoms with Gasteiger partial charge >= 0.3 is 5.97 Å². The number of aryl methyl sites for hydroxylation is 1. The van der Waals surface area contributed by atoms with Crippen LogP contribution in [0.3, 0.4) is 0 Å². The van der Waals surface area contributed by atoms with Gasteiger partial charge in [0.1, 0.15) is 27.1 Å². The Balaban J connectivity index is 2.01. The molecule has 0 amide bonds. The number of carboxylic acids is 1. The minimum atomic E-state index is -1.17. The number of methoxy groups -OCH3 is 1. The molecule has 0 atom stereocenters. The van der Waals surface area contributed by atoms with Crippen LogP contribution >= 0.6 is 11.3 Å². The molecule has 0 aliphatic heterocycles. The molecule has 4 rings (SSSR count). The van der Waals surface area contributed by atoms with E-state index in [-0.39, 0.29) is 21.9 Å².